The summed E-state index contributed by atoms with van der Waals surface area (Å²) in [4.78, 5) is 14.9. The molecular formula is C10H12N4O5S2. The third kappa shape index (κ3) is 3.93. The van der Waals surface area contributed by atoms with Crippen molar-refractivity contribution in [3.8, 4) is 11.5 Å². The van der Waals surface area contributed by atoms with Gasteiger partial charge in [-0.25, -0.2) is 19.2 Å². The molecule has 1 amide bonds. The summed E-state index contributed by atoms with van der Waals surface area (Å²) in [7, 11) is -3.04. The highest BCUT2D eigenvalue weighted by Crippen LogP contribution is 2.26. The number of amides is 1. The van der Waals surface area contributed by atoms with Crippen LogP contribution in [-0.2, 0) is 21.5 Å². The molecule has 21 heavy (non-hydrogen) atoms. The smallest absolute Gasteiger partial charge is 0.422 e. The van der Waals surface area contributed by atoms with E-state index in [1.165, 1.54) is 0 Å². The van der Waals surface area contributed by atoms with Crippen LogP contribution in [0, 0.1) is 0 Å². The fraction of sp³-hybridized carbons (Fsp3) is 0.200. The molecule has 4 N–H and O–H groups in total. The maximum Gasteiger partial charge on any atom is 0.422 e. The highest BCUT2D eigenvalue weighted by molar-refractivity contribution is 7.91. The zero-order valence-corrected chi connectivity index (χ0v) is 12.5. The highest BCUT2D eigenvalue weighted by Gasteiger charge is 2.17. The minimum absolute atomic E-state index is 0.0760. The molecule has 2 rings (SSSR count). The van der Waals surface area contributed by atoms with Crippen LogP contribution in [0.2, 0.25) is 0 Å². The number of methoxy groups -OCH3 is 1. The maximum absolute atomic E-state index is 11.6. The summed E-state index contributed by atoms with van der Waals surface area (Å²) in [5, 5.41) is 1.68. The van der Waals surface area contributed by atoms with E-state index in [1.54, 1.807) is 22.2 Å². The van der Waals surface area contributed by atoms with E-state index >= 15 is 0 Å². The zero-order valence-electron chi connectivity index (χ0n) is 10.8. The van der Waals surface area contributed by atoms with Crippen LogP contribution < -0.4 is 15.2 Å². The van der Waals surface area contributed by atoms with Crippen LogP contribution in [0.5, 0.6) is 0 Å². The Kier molecular flexibility index (Phi) is 4.45. The number of rotatable bonds is 5. The molecule has 0 fully saturated rings. The molecule has 0 aromatic carbocycles. The predicted molar refractivity (Wildman–Crippen MR) is 75.8 cm³/mol. The number of anilines is 1. The predicted octanol–water partition coefficient (Wildman–Crippen LogP) is 0.875. The first-order chi connectivity index (χ1) is 9.93. The summed E-state index contributed by atoms with van der Waals surface area (Å²) in [5.74, 6) is 1.06. The summed E-state index contributed by atoms with van der Waals surface area (Å²) < 4.78 is 36.5. The second kappa shape index (κ2) is 6.11. The molecule has 2 aromatic heterocycles. The number of carbonyl (C=O) groups is 1. The molecule has 11 heteroatoms. The van der Waals surface area contributed by atoms with E-state index in [1.807, 2.05) is 0 Å². The monoisotopic (exact) mass is 332 g/mol. The minimum Gasteiger partial charge on any atom is -0.458 e. The molecule has 9 nitrogen and oxygen atoms in total. The third-order valence-electron chi connectivity index (χ3n) is 2.24. The van der Waals surface area contributed by atoms with Crippen LogP contribution in [0.3, 0.4) is 0 Å². The number of furan rings is 1. The number of ether oxygens (including phenoxy) is 1. The van der Waals surface area contributed by atoms with Gasteiger partial charge in [-0.3, -0.25) is 0 Å². The third-order valence-corrected chi connectivity index (χ3v) is 4.03. The standard InChI is InChI=1S/C10H12N4O5S2/c1-18-10(15)14-21(16,17)13-9-12-7(5-20-9)8-3-2-6(4-11)19-8/h2-3,5H,4,11H2,1H3,(H,12,13)(H,14,15). The second-order valence-electron chi connectivity index (χ2n) is 3.71. The molecule has 0 saturated heterocycles. The number of thiazole rings is 1. The van der Waals surface area contributed by atoms with Crippen molar-refractivity contribution in [1.82, 2.24) is 9.71 Å². The Morgan fingerprint density at radius 3 is 2.90 bits per heavy atom. The fourth-order valence-corrected chi connectivity index (χ4v) is 3.04. The molecule has 0 bridgehead atoms. The minimum atomic E-state index is -4.09. The highest BCUT2D eigenvalue weighted by atomic mass is 32.2. The van der Waals surface area contributed by atoms with Gasteiger partial charge in [0, 0.05) is 5.38 Å². The van der Waals surface area contributed by atoms with E-state index in [0.717, 1.165) is 18.4 Å². The number of aromatic nitrogens is 1. The Morgan fingerprint density at radius 1 is 1.52 bits per heavy atom. The number of nitrogens with two attached hydrogens (primary N) is 1. The molecular weight excluding hydrogens is 320 g/mol. The van der Waals surface area contributed by atoms with E-state index in [4.69, 9.17) is 10.2 Å². The maximum atomic E-state index is 11.6. The van der Waals surface area contributed by atoms with Gasteiger partial charge in [-0.05, 0) is 12.1 Å². The van der Waals surface area contributed by atoms with Crippen molar-refractivity contribution < 1.29 is 22.4 Å². The molecule has 0 aliphatic carbocycles. The molecule has 0 unspecified atom stereocenters. The normalized spacial score (nSPS) is 11.1. The lowest BCUT2D eigenvalue weighted by molar-refractivity contribution is 0.177. The lowest BCUT2D eigenvalue weighted by Crippen LogP contribution is -2.35. The molecule has 2 heterocycles. The van der Waals surface area contributed by atoms with Crippen molar-refractivity contribution >= 4 is 32.8 Å². The summed E-state index contributed by atoms with van der Waals surface area (Å²) in [5.41, 5.74) is 5.89. The SMILES string of the molecule is COC(=O)NS(=O)(=O)Nc1nc(-c2ccc(CN)o2)cs1. The van der Waals surface area contributed by atoms with E-state index in [0.29, 0.717) is 17.2 Å². The number of nitrogens with zero attached hydrogens (tertiary/aromatic N) is 1. The molecule has 2 aromatic rings. The Bertz CT molecular complexity index is 736. The van der Waals surface area contributed by atoms with Gasteiger partial charge >= 0.3 is 16.3 Å². The summed E-state index contributed by atoms with van der Waals surface area (Å²) in [6.45, 7) is 0.257. The Hall–Kier alpha value is -2.11. The van der Waals surface area contributed by atoms with Crippen LogP contribution in [0.4, 0.5) is 9.93 Å². The van der Waals surface area contributed by atoms with Crippen LogP contribution >= 0.6 is 11.3 Å². The molecule has 0 radical (unpaired) electrons. The molecule has 0 spiro atoms. The van der Waals surface area contributed by atoms with Crippen LogP contribution in [-0.4, -0.2) is 26.6 Å². The van der Waals surface area contributed by atoms with Crippen molar-refractivity contribution in [2.24, 2.45) is 5.73 Å². The van der Waals surface area contributed by atoms with Crippen molar-refractivity contribution in [3.63, 3.8) is 0 Å². The first-order valence-electron chi connectivity index (χ1n) is 5.56. The lowest BCUT2D eigenvalue weighted by Gasteiger charge is -2.05. The van der Waals surface area contributed by atoms with E-state index < -0.39 is 16.3 Å². The van der Waals surface area contributed by atoms with Crippen molar-refractivity contribution in [2.45, 2.75) is 6.54 Å². The van der Waals surface area contributed by atoms with Crippen LogP contribution in [0.15, 0.2) is 21.9 Å². The van der Waals surface area contributed by atoms with Crippen molar-refractivity contribution in [2.75, 3.05) is 11.8 Å². The van der Waals surface area contributed by atoms with Gasteiger partial charge in [-0.2, -0.15) is 8.42 Å². The zero-order chi connectivity index (χ0) is 15.5. The topological polar surface area (TPSA) is 137 Å². The number of hydrogen-bond donors (Lipinski definition) is 3. The van der Waals surface area contributed by atoms with Crippen molar-refractivity contribution in [1.29, 1.82) is 0 Å². The average Bonchev–Trinajstić information content (AvgIpc) is 3.05. The van der Waals surface area contributed by atoms with Gasteiger partial charge in [-0.15, -0.1) is 11.3 Å². The van der Waals surface area contributed by atoms with Gasteiger partial charge in [-0.1, -0.05) is 0 Å². The van der Waals surface area contributed by atoms with Gasteiger partial charge in [0.1, 0.15) is 11.5 Å². The Balaban J connectivity index is 2.11. The lowest BCUT2D eigenvalue weighted by atomic mass is 10.3. The first-order valence-corrected chi connectivity index (χ1v) is 7.93. The molecule has 0 aliphatic heterocycles. The molecule has 114 valence electrons. The Morgan fingerprint density at radius 2 is 2.29 bits per heavy atom. The van der Waals surface area contributed by atoms with E-state index in [2.05, 4.69) is 14.4 Å². The fourth-order valence-electron chi connectivity index (χ4n) is 1.35. The molecule has 0 aliphatic rings. The quantitative estimate of drug-likeness (QED) is 0.739. The van der Waals surface area contributed by atoms with Crippen LogP contribution in [0.1, 0.15) is 5.76 Å². The summed E-state index contributed by atoms with van der Waals surface area (Å²) in [6.07, 6.45) is -1.10. The van der Waals surface area contributed by atoms with Crippen LogP contribution in [0.25, 0.3) is 11.5 Å². The van der Waals surface area contributed by atoms with Gasteiger partial charge < -0.3 is 14.9 Å². The first kappa shape index (κ1) is 15.3. The van der Waals surface area contributed by atoms with Gasteiger partial charge in [0.2, 0.25) is 0 Å². The van der Waals surface area contributed by atoms with Gasteiger partial charge in [0.15, 0.2) is 10.9 Å². The van der Waals surface area contributed by atoms with E-state index in [-0.39, 0.29) is 11.7 Å². The van der Waals surface area contributed by atoms with Gasteiger partial charge in [0.25, 0.3) is 0 Å². The number of hydrogen-bond acceptors (Lipinski definition) is 8. The molecule has 0 saturated carbocycles. The number of nitrogens with one attached hydrogen (secondary N) is 2. The average molecular weight is 332 g/mol. The molecule has 0 atom stereocenters. The summed E-state index contributed by atoms with van der Waals surface area (Å²) >= 11 is 1.04. The number of carbonyl (C=O) groups excluding carboxylic acids is 1. The largest absolute Gasteiger partial charge is 0.458 e. The van der Waals surface area contributed by atoms with Crippen molar-refractivity contribution in [3.05, 3.63) is 23.3 Å². The Labute approximate surface area is 124 Å². The van der Waals surface area contributed by atoms with E-state index in [9.17, 15) is 13.2 Å². The van der Waals surface area contributed by atoms with Gasteiger partial charge in [0.05, 0.1) is 13.7 Å². The summed E-state index contributed by atoms with van der Waals surface area (Å²) in [6, 6.07) is 3.39. The second-order valence-corrected chi connectivity index (χ2v) is 5.98.